The number of ether oxygens (including phenoxy) is 1. The molecular formula is C32H51NO8S. The number of phenolic OH excluding ortho intramolecular Hbond substituents is 1. The highest BCUT2D eigenvalue weighted by Gasteiger charge is 2.46. The summed E-state index contributed by atoms with van der Waals surface area (Å²) >= 11 is 0. The predicted molar refractivity (Wildman–Crippen MR) is 166 cm³/mol. The molecule has 1 amide bonds. The summed E-state index contributed by atoms with van der Waals surface area (Å²) in [5.74, 6) is -2.92. The minimum absolute atomic E-state index is 0.0526. The molecule has 0 heterocycles. The van der Waals surface area contributed by atoms with Crippen LogP contribution in [0.4, 0.5) is 0 Å². The second-order valence-electron chi connectivity index (χ2n) is 10.8. The second-order valence-corrected chi connectivity index (χ2v) is 12.5. The highest BCUT2D eigenvalue weighted by atomic mass is 32.2. The molecule has 238 valence electrons. The average Bonchev–Trinajstić information content (AvgIpc) is 2.96. The van der Waals surface area contributed by atoms with Gasteiger partial charge >= 0.3 is 11.9 Å². The van der Waals surface area contributed by atoms with Gasteiger partial charge in [0.15, 0.2) is 5.60 Å². The molecule has 1 aromatic rings. The zero-order valence-corrected chi connectivity index (χ0v) is 26.3. The average molecular weight is 610 g/mol. The van der Waals surface area contributed by atoms with Gasteiger partial charge in [0.2, 0.25) is 5.91 Å². The first-order chi connectivity index (χ1) is 20.1. The van der Waals surface area contributed by atoms with E-state index in [0.29, 0.717) is 24.2 Å². The Labute approximate surface area is 253 Å². The number of hydrogen-bond donors (Lipinski definition) is 4. The van der Waals surface area contributed by atoms with Crippen LogP contribution in [0.1, 0.15) is 96.5 Å². The van der Waals surface area contributed by atoms with Crippen molar-refractivity contribution in [2.75, 3.05) is 18.6 Å². The maximum Gasteiger partial charge on any atom is 0.336 e. The van der Waals surface area contributed by atoms with Gasteiger partial charge in [-0.3, -0.25) is 9.00 Å². The fourth-order valence-corrected chi connectivity index (χ4v) is 6.04. The second kappa shape index (κ2) is 21.0. The van der Waals surface area contributed by atoms with E-state index in [1.807, 2.05) is 0 Å². The van der Waals surface area contributed by atoms with Crippen molar-refractivity contribution in [1.29, 1.82) is 0 Å². The Balaban J connectivity index is 2.76. The third-order valence-corrected chi connectivity index (χ3v) is 8.76. The highest BCUT2D eigenvalue weighted by Crippen LogP contribution is 2.27. The summed E-state index contributed by atoms with van der Waals surface area (Å²) in [6.45, 7) is 3.89. The Morgan fingerprint density at radius 2 is 1.55 bits per heavy atom. The number of allylic oxidation sites excluding steroid dienone is 1. The zero-order valence-electron chi connectivity index (χ0n) is 25.5. The molecule has 1 unspecified atom stereocenters. The van der Waals surface area contributed by atoms with E-state index in [0.717, 1.165) is 44.3 Å². The molecule has 0 saturated heterocycles. The van der Waals surface area contributed by atoms with Crippen molar-refractivity contribution in [3.63, 3.8) is 0 Å². The van der Waals surface area contributed by atoms with Crippen LogP contribution in [0, 0.1) is 5.92 Å². The normalized spacial score (nSPS) is 15.0. The number of amides is 1. The number of aromatic hydroxyl groups is 1. The van der Waals surface area contributed by atoms with E-state index in [4.69, 9.17) is 4.74 Å². The van der Waals surface area contributed by atoms with Crippen molar-refractivity contribution in [2.45, 2.75) is 109 Å². The van der Waals surface area contributed by atoms with Gasteiger partial charge in [0.25, 0.3) is 0 Å². The van der Waals surface area contributed by atoms with E-state index in [-0.39, 0.29) is 18.6 Å². The minimum atomic E-state index is -2.35. The Morgan fingerprint density at radius 3 is 2.10 bits per heavy atom. The number of methoxy groups -OCH3 is 1. The molecule has 0 bridgehead atoms. The SMILES string of the molecule is CCCCCCCS(=O)CCCCCC/C=C/[C@H](C(=O)N[C@@H](Cc1ccc(O)cc1)C(=O)OC)[C@@](O)(CCC)C(=O)O. The first kappa shape index (κ1) is 37.3. The van der Waals surface area contributed by atoms with E-state index >= 15 is 0 Å². The number of phenols is 1. The van der Waals surface area contributed by atoms with Gasteiger partial charge in [-0.2, -0.15) is 0 Å². The van der Waals surface area contributed by atoms with Gasteiger partial charge in [-0.1, -0.05) is 83.1 Å². The number of hydrogen-bond acceptors (Lipinski definition) is 7. The Morgan fingerprint density at radius 1 is 0.952 bits per heavy atom. The highest BCUT2D eigenvalue weighted by molar-refractivity contribution is 7.84. The largest absolute Gasteiger partial charge is 0.508 e. The number of rotatable bonds is 23. The predicted octanol–water partition coefficient (Wildman–Crippen LogP) is 5.05. The van der Waals surface area contributed by atoms with Crippen LogP contribution >= 0.6 is 0 Å². The third-order valence-electron chi connectivity index (χ3n) is 7.27. The lowest BCUT2D eigenvalue weighted by Crippen LogP contribution is -2.54. The van der Waals surface area contributed by atoms with Crippen LogP contribution in [0.5, 0.6) is 5.75 Å². The molecule has 0 radical (unpaired) electrons. The van der Waals surface area contributed by atoms with Gasteiger partial charge in [0.05, 0.1) is 13.0 Å². The first-order valence-corrected chi connectivity index (χ1v) is 16.7. The monoisotopic (exact) mass is 609 g/mol. The lowest BCUT2D eigenvalue weighted by Gasteiger charge is -2.30. The minimum Gasteiger partial charge on any atom is -0.508 e. The van der Waals surface area contributed by atoms with Gasteiger partial charge in [-0.15, -0.1) is 0 Å². The number of carboxylic acids is 1. The zero-order chi connectivity index (χ0) is 31.4. The number of aliphatic carboxylic acids is 1. The number of nitrogens with one attached hydrogen (secondary N) is 1. The molecule has 4 atom stereocenters. The molecule has 42 heavy (non-hydrogen) atoms. The molecule has 0 spiro atoms. The van der Waals surface area contributed by atoms with Crippen LogP contribution in [-0.4, -0.2) is 67.6 Å². The van der Waals surface area contributed by atoms with Crippen LogP contribution in [-0.2, 0) is 36.3 Å². The van der Waals surface area contributed by atoms with E-state index in [9.17, 15) is 33.9 Å². The number of carbonyl (C=O) groups is 3. The smallest absolute Gasteiger partial charge is 0.336 e. The van der Waals surface area contributed by atoms with Crippen LogP contribution in [0.3, 0.4) is 0 Å². The lowest BCUT2D eigenvalue weighted by atomic mass is 9.82. The van der Waals surface area contributed by atoms with Crippen LogP contribution in [0.15, 0.2) is 36.4 Å². The summed E-state index contributed by atoms with van der Waals surface area (Å²) in [6, 6.07) is 4.99. The van der Waals surface area contributed by atoms with Crippen molar-refractivity contribution < 1.29 is 38.6 Å². The summed E-state index contributed by atoms with van der Waals surface area (Å²) < 4.78 is 17.0. The summed E-state index contributed by atoms with van der Waals surface area (Å²) in [6.07, 6.45) is 13.3. The van der Waals surface area contributed by atoms with Gasteiger partial charge in [0.1, 0.15) is 11.8 Å². The number of carbonyl (C=O) groups excluding carboxylic acids is 2. The summed E-state index contributed by atoms with van der Waals surface area (Å²) in [5, 5.41) is 33.1. The molecule has 0 saturated carbocycles. The van der Waals surface area contributed by atoms with Crippen LogP contribution in [0.2, 0.25) is 0 Å². The molecule has 0 aliphatic carbocycles. The molecule has 0 aliphatic rings. The van der Waals surface area contributed by atoms with Crippen molar-refractivity contribution in [3.8, 4) is 5.75 Å². The standard InChI is InChI=1S/C32H51NO8S/c1-4-6-7-11-14-22-42(40)23-15-12-9-8-10-13-16-27(32(39,21-5-2)31(37)38)29(35)33-28(30(36)41-3)24-25-17-19-26(34)20-18-25/h13,16-20,27-28,34,39H,4-12,14-15,21-24H2,1-3H3,(H,33,35)(H,37,38)/b16-13+/t27-,28+,32+,42?/m1/s1. The summed E-state index contributed by atoms with van der Waals surface area (Å²) in [7, 11) is 0.415. The maximum absolute atomic E-state index is 13.4. The lowest BCUT2D eigenvalue weighted by molar-refractivity contribution is -0.167. The molecule has 1 aromatic carbocycles. The van der Waals surface area contributed by atoms with E-state index in [1.54, 1.807) is 25.1 Å². The quantitative estimate of drug-likeness (QED) is 0.0765. The molecule has 0 aliphatic heterocycles. The van der Waals surface area contributed by atoms with Gasteiger partial charge in [0, 0.05) is 28.7 Å². The van der Waals surface area contributed by atoms with Gasteiger partial charge in [-0.05, 0) is 49.8 Å². The van der Waals surface area contributed by atoms with Gasteiger partial charge < -0.3 is 25.4 Å². The van der Waals surface area contributed by atoms with Gasteiger partial charge in [-0.25, -0.2) is 9.59 Å². The number of benzene rings is 1. The molecule has 0 fully saturated rings. The molecule has 9 nitrogen and oxygen atoms in total. The first-order valence-electron chi connectivity index (χ1n) is 15.2. The van der Waals surface area contributed by atoms with Crippen LogP contribution < -0.4 is 5.32 Å². The maximum atomic E-state index is 13.4. The number of esters is 1. The molecule has 1 rings (SSSR count). The molecule has 4 N–H and O–H groups in total. The van der Waals surface area contributed by atoms with E-state index in [1.165, 1.54) is 44.6 Å². The summed E-state index contributed by atoms with van der Waals surface area (Å²) in [5.41, 5.74) is -1.71. The number of carboxylic acid groups (broad SMARTS) is 1. The fraction of sp³-hybridized carbons (Fsp3) is 0.656. The van der Waals surface area contributed by atoms with Crippen molar-refractivity contribution in [1.82, 2.24) is 5.32 Å². The Hall–Kier alpha value is -2.72. The van der Waals surface area contributed by atoms with E-state index < -0.39 is 46.2 Å². The summed E-state index contributed by atoms with van der Waals surface area (Å²) in [4.78, 5) is 38.0. The molecular weight excluding hydrogens is 558 g/mol. The molecule has 0 aromatic heterocycles. The third kappa shape index (κ3) is 14.0. The van der Waals surface area contributed by atoms with Crippen LogP contribution in [0.25, 0.3) is 0 Å². The number of aliphatic hydroxyl groups is 1. The van der Waals surface area contributed by atoms with E-state index in [2.05, 4.69) is 12.2 Å². The molecule has 10 heteroatoms. The number of unbranched alkanes of at least 4 members (excludes halogenated alkanes) is 8. The topological polar surface area (TPSA) is 150 Å². The van der Waals surface area contributed by atoms with Crippen molar-refractivity contribution >= 4 is 28.6 Å². The van der Waals surface area contributed by atoms with Crippen molar-refractivity contribution in [2.24, 2.45) is 5.92 Å². The Kier molecular flexibility index (Phi) is 18.7. The Bertz CT molecular complexity index is 997. The fourth-order valence-electron chi connectivity index (χ4n) is 4.78. The van der Waals surface area contributed by atoms with Crippen molar-refractivity contribution in [3.05, 3.63) is 42.0 Å².